The summed E-state index contributed by atoms with van der Waals surface area (Å²) in [5.41, 5.74) is -5.09. The van der Waals surface area contributed by atoms with Gasteiger partial charge in [0.05, 0.1) is 4.91 Å². The molecule has 2 heterocycles. The molecule has 23 heavy (non-hydrogen) atoms. The predicted molar refractivity (Wildman–Crippen MR) is 60.2 cm³/mol. The van der Waals surface area contributed by atoms with Gasteiger partial charge in [-0.2, -0.15) is 39.5 Å². The van der Waals surface area contributed by atoms with Crippen molar-refractivity contribution in [1.29, 1.82) is 0 Å². The van der Waals surface area contributed by atoms with Gasteiger partial charge in [0, 0.05) is 13.1 Å². The fourth-order valence-corrected chi connectivity index (χ4v) is 3.70. The van der Waals surface area contributed by atoms with Gasteiger partial charge in [0.25, 0.3) is 5.54 Å². The molecule has 2 aliphatic rings. The van der Waals surface area contributed by atoms with Crippen LogP contribution < -0.4 is 0 Å². The maximum Gasteiger partial charge on any atom is 0.443 e. The van der Waals surface area contributed by atoms with E-state index in [1.165, 1.54) is 0 Å². The van der Waals surface area contributed by atoms with Gasteiger partial charge in [-0.15, -0.1) is 0 Å². The van der Waals surface area contributed by atoms with E-state index < -0.39 is 58.3 Å². The first-order chi connectivity index (χ1) is 10.2. The first kappa shape index (κ1) is 18.2. The normalized spacial score (nSPS) is 24.4. The Morgan fingerprint density at radius 3 is 1.96 bits per heavy atom. The number of hydrogen-bond acceptors (Lipinski definition) is 3. The summed E-state index contributed by atoms with van der Waals surface area (Å²) in [5, 5.41) is -0.930. The van der Waals surface area contributed by atoms with Gasteiger partial charge in [-0.1, -0.05) is 11.8 Å². The zero-order valence-corrected chi connectivity index (χ0v) is 11.5. The van der Waals surface area contributed by atoms with Crippen LogP contribution in [0, 0.1) is 0 Å². The average molecular weight is 376 g/mol. The van der Waals surface area contributed by atoms with Gasteiger partial charge in [-0.05, 0) is 6.42 Å². The molecule has 0 aromatic rings. The van der Waals surface area contributed by atoms with Crippen LogP contribution in [0.2, 0.25) is 0 Å². The van der Waals surface area contributed by atoms with Gasteiger partial charge in [-0.3, -0.25) is 4.99 Å². The number of nitrogens with zero attached hydrogens (tertiary/aromatic N) is 2. The van der Waals surface area contributed by atoms with E-state index in [0.29, 0.717) is 0 Å². The van der Waals surface area contributed by atoms with Crippen LogP contribution in [-0.4, -0.2) is 47.2 Å². The Balaban J connectivity index is 2.85. The van der Waals surface area contributed by atoms with E-state index >= 15 is 0 Å². The largest absolute Gasteiger partial charge is 0.443 e. The lowest BCUT2D eigenvalue weighted by molar-refractivity contribution is -0.313. The summed E-state index contributed by atoms with van der Waals surface area (Å²) in [6.45, 7) is -1.01. The summed E-state index contributed by atoms with van der Waals surface area (Å²) in [5.74, 6) is -3.42. The molecule has 132 valence electrons. The first-order valence-electron chi connectivity index (χ1n) is 5.85. The van der Waals surface area contributed by atoms with Crippen LogP contribution in [-0.2, 0) is 0 Å². The number of alkyl halides is 9. The van der Waals surface area contributed by atoms with Crippen LogP contribution in [0.3, 0.4) is 0 Å². The standard InChI is InChI=1S/C10H6F10N2S/c11-4(8(12,13)14)5-7(9(15,16)17,10(18,19)20)22-3-1-2-21-6(22)23-5/h1-3H2/b5-4+. The molecule has 0 aromatic heterocycles. The Hall–Kier alpha value is -1.14. The minimum absolute atomic E-state index is 0.161. The minimum Gasteiger partial charge on any atom is -0.325 e. The Labute approximate surface area is 126 Å². The minimum atomic E-state index is -6.23. The van der Waals surface area contributed by atoms with Gasteiger partial charge in [0.1, 0.15) is 0 Å². The molecular weight excluding hydrogens is 370 g/mol. The SMILES string of the molecule is F/C(=C1/SC2=NCCCN2C1(C(F)(F)F)C(F)(F)F)C(F)(F)F. The van der Waals surface area contributed by atoms with Crippen molar-refractivity contribution < 1.29 is 43.9 Å². The van der Waals surface area contributed by atoms with Crippen molar-refractivity contribution in [3.63, 3.8) is 0 Å². The van der Waals surface area contributed by atoms with Crippen molar-refractivity contribution in [2.24, 2.45) is 4.99 Å². The third-order valence-corrected chi connectivity index (χ3v) is 4.42. The van der Waals surface area contributed by atoms with Gasteiger partial charge in [0.15, 0.2) is 5.17 Å². The molecule has 0 atom stereocenters. The number of aliphatic imine (C=N–C) groups is 1. The number of amidine groups is 1. The summed E-state index contributed by atoms with van der Waals surface area (Å²) in [7, 11) is 0. The number of fused-ring (bicyclic) bond motifs is 1. The molecule has 2 nitrogen and oxygen atoms in total. The highest BCUT2D eigenvalue weighted by atomic mass is 32.2. The van der Waals surface area contributed by atoms with Crippen LogP contribution in [0.25, 0.3) is 0 Å². The third kappa shape index (κ3) is 2.56. The number of hydrogen-bond donors (Lipinski definition) is 0. The molecule has 0 aliphatic carbocycles. The Bertz CT molecular complexity index is 541. The van der Waals surface area contributed by atoms with Crippen LogP contribution in [0.1, 0.15) is 6.42 Å². The van der Waals surface area contributed by atoms with Gasteiger partial charge < -0.3 is 4.90 Å². The Morgan fingerprint density at radius 1 is 1.00 bits per heavy atom. The summed E-state index contributed by atoms with van der Waals surface area (Å²) in [6, 6.07) is 0. The van der Waals surface area contributed by atoms with E-state index in [1.54, 1.807) is 0 Å². The highest BCUT2D eigenvalue weighted by molar-refractivity contribution is 8.17. The Kier molecular flexibility index (Phi) is 4.10. The smallest absolute Gasteiger partial charge is 0.325 e. The lowest BCUT2D eigenvalue weighted by atomic mass is 9.93. The predicted octanol–water partition coefficient (Wildman–Crippen LogP) is 4.40. The molecule has 0 amide bonds. The molecule has 0 saturated carbocycles. The molecule has 1 fully saturated rings. The monoisotopic (exact) mass is 376 g/mol. The summed E-state index contributed by atoms with van der Waals surface area (Å²) < 4.78 is 131. The lowest BCUT2D eigenvalue weighted by Gasteiger charge is -2.42. The van der Waals surface area contributed by atoms with Gasteiger partial charge in [0.2, 0.25) is 5.83 Å². The highest BCUT2D eigenvalue weighted by Gasteiger charge is 2.80. The molecule has 0 aromatic carbocycles. The van der Waals surface area contributed by atoms with Crippen molar-refractivity contribution in [3.05, 3.63) is 10.7 Å². The number of halogens is 10. The summed E-state index contributed by atoms with van der Waals surface area (Å²) in [4.78, 5) is 0.526. The molecule has 0 N–H and O–H groups in total. The molecule has 0 spiro atoms. The van der Waals surface area contributed by atoms with Crippen molar-refractivity contribution in [2.75, 3.05) is 13.1 Å². The molecule has 2 aliphatic heterocycles. The average Bonchev–Trinajstić information content (AvgIpc) is 2.71. The molecule has 0 radical (unpaired) electrons. The zero-order chi connectivity index (χ0) is 17.8. The quantitative estimate of drug-likeness (QED) is 0.583. The molecular formula is C10H6F10N2S. The second-order valence-corrected chi connectivity index (χ2v) is 5.60. The van der Waals surface area contributed by atoms with Crippen molar-refractivity contribution in [3.8, 4) is 0 Å². The van der Waals surface area contributed by atoms with E-state index in [4.69, 9.17) is 0 Å². The maximum atomic E-state index is 13.5. The molecule has 2 rings (SSSR count). The fraction of sp³-hybridized carbons (Fsp3) is 0.700. The fourth-order valence-electron chi connectivity index (χ4n) is 2.33. The highest BCUT2D eigenvalue weighted by Crippen LogP contribution is 2.62. The van der Waals surface area contributed by atoms with Crippen molar-refractivity contribution in [1.82, 2.24) is 4.90 Å². The molecule has 0 unspecified atom stereocenters. The summed E-state index contributed by atoms with van der Waals surface area (Å²) >= 11 is -0.589. The third-order valence-electron chi connectivity index (χ3n) is 3.21. The number of rotatable bonds is 0. The lowest BCUT2D eigenvalue weighted by Crippen LogP contribution is -2.67. The van der Waals surface area contributed by atoms with E-state index in [-0.39, 0.29) is 17.9 Å². The van der Waals surface area contributed by atoms with Crippen molar-refractivity contribution >= 4 is 16.9 Å². The van der Waals surface area contributed by atoms with Crippen molar-refractivity contribution in [2.45, 2.75) is 30.5 Å². The number of thioether (sulfide) groups is 1. The van der Waals surface area contributed by atoms with Crippen LogP contribution in [0.5, 0.6) is 0 Å². The van der Waals surface area contributed by atoms with Gasteiger partial charge >= 0.3 is 18.5 Å². The maximum absolute atomic E-state index is 13.5. The zero-order valence-electron chi connectivity index (χ0n) is 10.7. The van der Waals surface area contributed by atoms with E-state index in [2.05, 4.69) is 4.99 Å². The summed E-state index contributed by atoms with van der Waals surface area (Å²) in [6.07, 6.45) is -18.7. The second kappa shape index (κ2) is 5.18. The van der Waals surface area contributed by atoms with E-state index in [1.807, 2.05) is 0 Å². The molecule has 13 heteroatoms. The van der Waals surface area contributed by atoms with Crippen LogP contribution in [0.4, 0.5) is 43.9 Å². The topological polar surface area (TPSA) is 15.6 Å². The van der Waals surface area contributed by atoms with Crippen LogP contribution >= 0.6 is 11.8 Å². The molecule has 1 saturated heterocycles. The van der Waals surface area contributed by atoms with Crippen LogP contribution in [0.15, 0.2) is 15.7 Å². The number of allylic oxidation sites excluding steroid dienone is 1. The van der Waals surface area contributed by atoms with E-state index in [9.17, 15) is 43.9 Å². The van der Waals surface area contributed by atoms with Gasteiger partial charge in [-0.25, -0.2) is 4.39 Å². The Morgan fingerprint density at radius 2 is 1.52 bits per heavy atom. The van der Waals surface area contributed by atoms with E-state index in [0.717, 1.165) is 0 Å². The first-order valence-corrected chi connectivity index (χ1v) is 6.67. The molecule has 0 bridgehead atoms. The second-order valence-electron chi connectivity index (χ2n) is 4.62.